The molecule has 0 radical (unpaired) electrons. The Bertz CT molecular complexity index is 1040. The van der Waals surface area contributed by atoms with Crippen LogP contribution in [0.5, 0.6) is 17.2 Å². The van der Waals surface area contributed by atoms with Gasteiger partial charge in [-0.3, -0.25) is 0 Å². The van der Waals surface area contributed by atoms with Crippen LogP contribution in [0.2, 0.25) is 0 Å². The van der Waals surface area contributed by atoms with E-state index in [1.165, 1.54) is 11.3 Å². The van der Waals surface area contributed by atoms with Crippen LogP contribution in [-0.2, 0) is 6.61 Å². The Kier molecular flexibility index (Phi) is 4.88. The van der Waals surface area contributed by atoms with Gasteiger partial charge in [-0.15, -0.1) is 10.2 Å². The zero-order valence-corrected chi connectivity index (χ0v) is 15.8. The molecule has 2 aromatic heterocycles. The zero-order chi connectivity index (χ0) is 18.6. The number of methoxy groups -OCH3 is 1. The fourth-order valence-corrected chi connectivity index (χ4v) is 3.49. The number of rotatable bonds is 7. The standard InChI is InChI=1S/C19H18N4O3S/c1-3-25-16-7-5-4-6-15(16)18-22-23-17(20-21-19(23)27-18)12-26-14-10-8-13(24-2)9-11-14/h4-11H,3,12H2,1-2H3. The minimum Gasteiger partial charge on any atom is -0.497 e. The van der Waals surface area contributed by atoms with Crippen LogP contribution in [0.3, 0.4) is 0 Å². The fourth-order valence-electron chi connectivity index (χ4n) is 2.60. The molecule has 0 aliphatic carbocycles. The maximum absolute atomic E-state index is 5.80. The molecule has 0 aliphatic rings. The summed E-state index contributed by atoms with van der Waals surface area (Å²) >= 11 is 1.46. The Labute approximate surface area is 160 Å². The van der Waals surface area contributed by atoms with E-state index in [4.69, 9.17) is 14.2 Å². The molecule has 0 amide bonds. The van der Waals surface area contributed by atoms with E-state index >= 15 is 0 Å². The SMILES string of the molecule is CCOc1ccccc1-c1nn2c(COc3ccc(OC)cc3)nnc2s1. The summed E-state index contributed by atoms with van der Waals surface area (Å²) in [4.78, 5) is 0.713. The molecule has 0 bridgehead atoms. The van der Waals surface area contributed by atoms with E-state index in [0.717, 1.165) is 27.8 Å². The van der Waals surface area contributed by atoms with E-state index in [2.05, 4.69) is 15.3 Å². The zero-order valence-electron chi connectivity index (χ0n) is 15.0. The molecule has 4 rings (SSSR count). The van der Waals surface area contributed by atoms with E-state index in [-0.39, 0.29) is 6.61 Å². The van der Waals surface area contributed by atoms with Crippen molar-refractivity contribution in [1.29, 1.82) is 0 Å². The summed E-state index contributed by atoms with van der Waals surface area (Å²) in [6.07, 6.45) is 0. The molecule has 7 nitrogen and oxygen atoms in total. The third-order valence-corrected chi connectivity index (χ3v) is 4.83. The number of hydrogen-bond donors (Lipinski definition) is 0. The van der Waals surface area contributed by atoms with Gasteiger partial charge in [-0.05, 0) is 43.3 Å². The van der Waals surface area contributed by atoms with Crippen molar-refractivity contribution in [2.24, 2.45) is 0 Å². The number of fused-ring (bicyclic) bond motifs is 1. The molecule has 0 saturated carbocycles. The van der Waals surface area contributed by atoms with Crippen LogP contribution in [0, 0.1) is 0 Å². The number of para-hydroxylation sites is 1. The number of ether oxygens (including phenoxy) is 3. The lowest BCUT2D eigenvalue weighted by Gasteiger charge is -2.07. The number of aromatic nitrogens is 4. The topological polar surface area (TPSA) is 70.8 Å². The van der Waals surface area contributed by atoms with Crippen LogP contribution in [-0.4, -0.2) is 33.5 Å². The lowest BCUT2D eigenvalue weighted by Crippen LogP contribution is -2.02. The maximum atomic E-state index is 5.80. The van der Waals surface area contributed by atoms with Gasteiger partial charge in [0.15, 0.2) is 10.8 Å². The molecular weight excluding hydrogens is 364 g/mol. The summed E-state index contributed by atoms with van der Waals surface area (Å²) in [6.45, 7) is 2.83. The highest BCUT2D eigenvalue weighted by Crippen LogP contribution is 2.33. The molecule has 0 N–H and O–H groups in total. The lowest BCUT2D eigenvalue weighted by atomic mass is 10.2. The molecule has 0 spiro atoms. The van der Waals surface area contributed by atoms with Crippen molar-refractivity contribution in [3.63, 3.8) is 0 Å². The Balaban J connectivity index is 1.57. The van der Waals surface area contributed by atoms with E-state index in [0.29, 0.717) is 17.4 Å². The van der Waals surface area contributed by atoms with Gasteiger partial charge < -0.3 is 14.2 Å². The van der Waals surface area contributed by atoms with E-state index in [1.54, 1.807) is 11.6 Å². The van der Waals surface area contributed by atoms with Crippen LogP contribution < -0.4 is 14.2 Å². The first-order valence-corrected chi connectivity index (χ1v) is 9.30. The summed E-state index contributed by atoms with van der Waals surface area (Å²) < 4.78 is 18.4. The molecule has 2 heterocycles. The first-order valence-electron chi connectivity index (χ1n) is 8.48. The second-order valence-electron chi connectivity index (χ2n) is 5.61. The van der Waals surface area contributed by atoms with Crippen LogP contribution >= 0.6 is 11.3 Å². The van der Waals surface area contributed by atoms with Crippen molar-refractivity contribution >= 4 is 16.3 Å². The average molecular weight is 382 g/mol. The van der Waals surface area contributed by atoms with Gasteiger partial charge in [0.2, 0.25) is 4.96 Å². The van der Waals surface area contributed by atoms with Gasteiger partial charge >= 0.3 is 0 Å². The van der Waals surface area contributed by atoms with Crippen molar-refractivity contribution in [2.75, 3.05) is 13.7 Å². The summed E-state index contributed by atoms with van der Waals surface area (Å²) in [6, 6.07) is 15.2. The fraction of sp³-hybridized carbons (Fsp3) is 0.211. The molecule has 4 aromatic rings. The molecule has 8 heteroatoms. The summed E-state index contributed by atoms with van der Waals surface area (Å²) in [5.41, 5.74) is 0.942. The second-order valence-corrected chi connectivity index (χ2v) is 6.57. The smallest absolute Gasteiger partial charge is 0.235 e. The number of nitrogens with zero attached hydrogens (tertiary/aromatic N) is 4. The monoisotopic (exact) mass is 382 g/mol. The highest BCUT2D eigenvalue weighted by molar-refractivity contribution is 7.19. The Morgan fingerprint density at radius 3 is 2.52 bits per heavy atom. The second kappa shape index (κ2) is 7.63. The van der Waals surface area contributed by atoms with E-state index in [1.807, 2.05) is 55.5 Å². The minimum absolute atomic E-state index is 0.268. The van der Waals surface area contributed by atoms with Gasteiger partial charge in [0, 0.05) is 0 Å². The Morgan fingerprint density at radius 2 is 1.74 bits per heavy atom. The highest BCUT2D eigenvalue weighted by Gasteiger charge is 2.16. The average Bonchev–Trinajstić information content (AvgIpc) is 3.28. The first kappa shape index (κ1) is 17.3. The summed E-state index contributed by atoms with van der Waals surface area (Å²) in [5, 5.41) is 13.9. The van der Waals surface area contributed by atoms with Crippen molar-refractivity contribution in [3.8, 4) is 27.8 Å². The van der Waals surface area contributed by atoms with Gasteiger partial charge in [-0.1, -0.05) is 23.5 Å². The van der Waals surface area contributed by atoms with Gasteiger partial charge in [0.25, 0.3) is 0 Å². The quantitative estimate of drug-likeness (QED) is 0.484. The van der Waals surface area contributed by atoms with Gasteiger partial charge in [-0.25, -0.2) is 0 Å². The first-order chi connectivity index (χ1) is 13.3. The lowest BCUT2D eigenvalue weighted by molar-refractivity contribution is 0.292. The molecule has 2 aromatic carbocycles. The van der Waals surface area contributed by atoms with Gasteiger partial charge in [0.1, 0.15) is 23.9 Å². The van der Waals surface area contributed by atoms with Crippen LogP contribution in [0.15, 0.2) is 48.5 Å². The van der Waals surface area contributed by atoms with Gasteiger partial charge in [-0.2, -0.15) is 9.61 Å². The molecule has 0 atom stereocenters. The normalized spacial score (nSPS) is 10.9. The number of benzene rings is 2. The van der Waals surface area contributed by atoms with Crippen LogP contribution in [0.4, 0.5) is 0 Å². The number of hydrogen-bond acceptors (Lipinski definition) is 7. The van der Waals surface area contributed by atoms with Crippen LogP contribution in [0.1, 0.15) is 12.7 Å². The van der Waals surface area contributed by atoms with E-state index < -0.39 is 0 Å². The Morgan fingerprint density at radius 1 is 0.963 bits per heavy atom. The summed E-state index contributed by atoms with van der Waals surface area (Å²) in [5.74, 6) is 2.95. The molecule has 0 saturated heterocycles. The van der Waals surface area contributed by atoms with Crippen molar-refractivity contribution in [3.05, 3.63) is 54.4 Å². The Hall–Kier alpha value is -3.13. The van der Waals surface area contributed by atoms with Gasteiger partial charge in [0.05, 0.1) is 19.3 Å². The summed E-state index contributed by atoms with van der Waals surface area (Å²) in [7, 11) is 1.63. The van der Waals surface area contributed by atoms with Crippen LogP contribution in [0.25, 0.3) is 15.5 Å². The molecule has 0 fully saturated rings. The minimum atomic E-state index is 0.268. The highest BCUT2D eigenvalue weighted by atomic mass is 32.1. The third-order valence-electron chi connectivity index (χ3n) is 3.90. The maximum Gasteiger partial charge on any atom is 0.235 e. The molecule has 0 unspecified atom stereocenters. The predicted octanol–water partition coefficient (Wildman–Crippen LogP) is 3.84. The molecule has 27 heavy (non-hydrogen) atoms. The molecular formula is C19H18N4O3S. The predicted molar refractivity (Wildman–Crippen MR) is 103 cm³/mol. The molecule has 138 valence electrons. The van der Waals surface area contributed by atoms with Crippen molar-refractivity contribution < 1.29 is 14.2 Å². The van der Waals surface area contributed by atoms with Crippen molar-refractivity contribution in [1.82, 2.24) is 19.8 Å². The molecule has 0 aliphatic heterocycles. The van der Waals surface area contributed by atoms with Crippen molar-refractivity contribution in [2.45, 2.75) is 13.5 Å². The largest absolute Gasteiger partial charge is 0.497 e. The third kappa shape index (κ3) is 3.56. The van der Waals surface area contributed by atoms with E-state index in [9.17, 15) is 0 Å².